The van der Waals surface area contributed by atoms with Gasteiger partial charge < -0.3 is 20.8 Å². The maximum Gasteiger partial charge on any atom is 0.326 e. The Labute approximate surface area is 105 Å². The molecular weight excluding hydrogens is 240 g/mol. The highest BCUT2D eigenvalue weighted by Gasteiger charge is 2.21. The molecule has 0 fully saturated rings. The lowest BCUT2D eigenvalue weighted by molar-refractivity contribution is -0.140. The third kappa shape index (κ3) is 7.26. The standard InChI is InChI=1S/C11H18N2O5/c1-3-4-7(2)12-11(18)13-8(10(16)17)5-6-9(14)15/h3,7-8H,1,4-6H2,2H3,(H,14,15)(H,16,17)(H2,12,13,18)/t7?,8-/m0/s1. The summed E-state index contributed by atoms with van der Waals surface area (Å²) in [6, 6.07) is -2.02. The fraction of sp³-hybridized carbons (Fsp3) is 0.545. The Hall–Kier alpha value is -2.05. The van der Waals surface area contributed by atoms with Crippen LogP contribution < -0.4 is 10.6 Å². The van der Waals surface area contributed by atoms with Crippen molar-refractivity contribution in [1.82, 2.24) is 10.6 Å². The number of amides is 2. The molecule has 2 amide bonds. The molecule has 4 N–H and O–H groups in total. The van der Waals surface area contributed by atoms with Crippen LogP contribution in [-0.2, 0) is 9.59 Å². The van der Waals surface area contributed by atoms with Crippen molar-refractivity contribution < 1.29 is 24.6 Å². The van der Waals surface area contributed by atoms with Gasteiger partial charge in [-0.05, 0) is 19.8 Å². The van der Waals surface area contributed by atoms with Crippen molar-refractivity contribution >= 4 is 18.0 Å². The van der Waals surface area contributed by atoms with Crippen LogP contribution in [0.15, 0.2) is 12.7 Å². The molecule has 0 spiro atoms. The number of rotatable bonds is 8. The minimum absolute atomic E-state index is 0.159. The second kappa shape index (κ2) is 8.10. The number of hydrogen-bond acceptors (Lipinski definition) is 3. The second-order valence-corrected chi connectivity index (χ2v) is 3.87. The molecule has 0 rings (SSSR count). The molecule has 0 aliphatic heterocycles. The van der Waals surface area contributed by atoms with Gasteiger partial charge in [-0.1, -0.05) is 6.08 Å². The van der Waals surface area contributed by atoms with E-state index in [1.165, 1.54) is 0 Å². The van der Waals surface area contributed by atoms with E-state index in [1.54, 1.807) is 13.0 Å². The first kappa shape index (κ1) is 16.0. The van der Waals surface area contributed by atoms with Crippen LogP contribution >= 0.6 is 0 Å². The molecule has 0 aromatic carbocycles. The number of urea groups is 1. The Morgan fingerprint density at radius 3 is 2.33 bits per heavy atom. The van der Waals surface area contributed by atoms with Gasteiger partial charge in [0.1, 0.15) is 6.04 Å². The maximum absolute atomic E-state index is 11.4. The van der Waals surface area contributed by atoms with E-state index < -0.39 is 24.0 Å². The number of carboxylic acid groups (broad SMARTS) is 2. The third-order valence-corrected chi connectivity index (χ3v) is 2.15. The van der Waals surface area contributed by atoms with Crippen molar-refractivity contribution in [1.29, 1.82) is 0 Å². The van der Waals surface area contributed by atoms with Crippen LogP contribution in [0.1, 0.15) is 26.2 Å². The number of hydrogen-bond donors (Lipinski definition) is 4. The van der Waals surface area contributed by atoms with Crippen LogP contribution in [0.4, 0.5) is 4.79 Å². The average molecular weight is 258 g/mol. The number of carbonyl (C=O) groups excluding carboxylic acids is 1. The van der Waals surface area contributed by atoms with Crippen molar-refractivity contribution in [3.8, 4) is 0 Å². The Morgan fingerprint density at radius 1 is 1.28 bits per heavy atom. The first-order valence-electron chi connectivity index (χ1n) is 5.49. The molecule has 0 bridgehead atoms. The van der Waals surface area contributed by atoms with Gasteiger partial charge in [0.05, 0.1) is 0 Å². The zero-order valence-corrected chi connectivity index (χ0v) is 10.2. The second-order valence-electron chi connectivity index (χ2n) is 3.87. The van der Waals surface area contributed by atoms with Crippen molar-refractivity contribution in [2.45, 2.75) is 38.3 Å². The highest BCUT2D eigenvalue weighted by molar-refractivity contribution is 5.83. The summed E-state index contributed by atoms with van der Waals surface area (Å²) >= 11 is 0. The quantitative estimate of drug-likeness (QED) is 0.475. The van der Waals surface area contributed by atoms with Crippen LogP contribution in [-0.4, -0.2) is 40.3 Å². The molecule has 7 heteroatoms. The number of carbonyl (C=O) groups is 3. The van der Waals surface area contributed by atoms with E-state index in [4.69, 9.17) is 10.2 Å². The lowest BCUT2D eigenvalue weighted by Crippen LogP contribution is -2.48. The summed E-state index contributed by atoms with van der Waals surface area (Å²) in [4.78, 5) is 32.6. The lowest BCUT2D eigenvalue weighted by atomic mass is 10.1. The summed E-state index contributed by atoms with van der Waals surface area (Å²) in [5.74, 6) is -2.37. The Morgan fingerprint density at radius 2 is 1.89 bits per heavy atom. The average Bonchev–Trinajstić information content (AvgIpc) is 2.23. The molecule has 0 aromatic rings. The molecule has 0 radical (unpaired) electrons. The van der Waals surface area contributed by atoms with Gasteiger partial charge in [0.15, 0.2) is 0 Å². The van der Waals surface area contributed by atoms with Gasteiger partial charge in [-0.2, -0.15) is 0 Å². The molecule has 1 unspecified atom stereocenters. The van der Waals surface area contributed by atoms with Crippen LogP contribution in [0.2, 0.25) is 0 Å². The monoisotopic (exact) mass is 258 g/mol. The van der Waals surface area contributed by atoms with E-state index in [9.17, 15) is 14.4 Å². The Kier molecular flexibility index (Phi) is 7.18. The molecule has 0 heterocycles. The SMILES string of the molecule is C=CCC(C)NC(=O)N[C@@H](CCC(=O)O)C(=O)O. The number of carboxylic acids is 2. The summed E-state index contributed by atoms with van der Waals surface area (Å²) < 4.78 is 0. The van der Waals surface area contributed by atoms with E-state index in [2.05, 4.69) is 17.2 Å². The molecule has 0 saturated heterocycles. The first-order chi connectivity index (χ1) is 8.36. The molecule has 102 valence electrons. The summed E-state index contributed by atoms with van der Waals surface area (Å²) in [6.07, 6.45) is 1.71. The molecule has 0 aliphatic rings. The predicted molar refractivity (Wildman–Crippen MR) is 64.2 cm³/mol. The Bertz CT molecular complexity index is 329. The molecule has 18 heavy (non-hydrogen) atoms. The molecule has 2 atom stereocenters. The van der Waals surface area contributed by atoms with Crippen LogP contribution in [0.5, 0.6) is 0 Å². The summed E-state index contributed by atoms with van der Waals surface area (Å²) in [6.45, 7) is 5.26. The van der Waals surface area contributed by atoms with E-state index in [0.29, 0.717) is 6.42 Å². The van der Waals surface area contributed by atoms with Gasteiger partial charge in [-0.3, -0.25) is 4.79 Å². The molecule has 0 aliphatic carbocycles. The van der Waals surface area contributed by atoms with Crippen LogP contribution in [0, 0.1) is 0 Å². The summed E-state index contributed by atoms with van der Waals surface area (Å²) in [7, 11) is 0. The van der Waals surface area contributed by atoms with E-state index >= 15 is 0 Å². The fourth-order valence-corrected chi connectivity index (χ4v) is 1.26. The van der Waals surface area contributed by atoms with Gasteiger partial charge in [0.25, 0.3) is 0 Å². The smallest absolute Gasteiger partial charge is 0.326 e. The first-order valence-corrected chi connectivity index (χ1v) is 5.49. The van der Waals surface area contributed by atoms with Gasteiger partial charge in [0.2, 0.25) is 0 Å². The number of nitrogens with one attached hydrogen (secondary N) is 2. The van der Waals surface area contributed by atoms with Crippen molar-refractivity contribution in [2.75, 3.05) is 0 Å². The van der Waals surface area contributed by atoms with Gasteiger partial charge in [-0.25, -0.2) is 9.59 Å². The lowest BCUT2D eigenvalue weighted by Gasteiger charge is -2.17. The van der Waals surface area contributed by atoms with Crippen molar-refractivity contribution in [3.05, 3.63) is 12.7 Å². The highest BCUT2D eigenvalue weighted by atomic mass is 16.4. The molecule has 0 saturated carbocycles. The van der Waals surface area contributed by atoms with Crippen LogP contribution in [0.25, 0.3) is 0 Å². The topological polar surface area (TPSA) is 116 Å². The molecule has 7 nitrogen and oxygen atoms in total. The van der Waals surface area contributed by atoms with E-state index in [1.807, 2.05) is 0 Å². The zero-order valence-electron chi connectivity index (χ0n) is 10.2. The van der Waals surface area contributed by atoms with E-state index in [-0.39, 0.29) is 18.9 Å². The zero-order chi connectivity index (χ0) is 14.1. The summed E-state index contributed by atoms with van der Waals surface area (Å²) in [5.41, 5.74) is 0. The third-order valence-electron chi connectivity index (χ3n) is 2.15. The van der Waals surface area contributed by atoms with Gasteiger partial charge >= 0.3 is 18.0 Å². The normalized spacial score (nSPS) is 13.2. The minimum Gasteiger partial charge on any atom is -0.481 e. The fourth-order valence-electron chi connectivity index (χ4n) is 1.26. The Balaban J connectivity index is 4.23. The van der Waals surface area contributed by atoms with Crippen molar-refractivity contribution in [3.63, 3.8) is 0 Å². The van der Waals surface area contributed by atoms with Crippen LogP contribution in [0.3, 0.4) is 0 Å². The predicted octanol–water partition coefficient (Wildman–Crippen LogP) is 0.568. The largest absolute Gasteiger partial charge is 0.481 e. The molecule has 0 aromatic heterocycles. The summed E-state index contributed by atoms with van der Waals surface area (Å²) in [5, 5.41) is 22.0. The van der Waals surface area contributed by atoms with Crippen molar-refractivity contribution in [2.24, 2.45) is 0 Å². The number of aliphatic carboxylic acids is 2. The van der Waals surface area contributed by atoms with Gasteiger partial charge in [-0.15, -0.1) is 6.58 Å². The van der Waals surface area contributed by atoms with Gasteiger partial charge in [0, 0.05) is 12.5 Å². The highest BCUT2D eigenvalue weighted by Crippen LogP contribution is 1.98. The van der Waals surface area contributed by atoms with E-state index in [0.717, 1.165) is 0 Å². The minimum atomic E-state index is -1.26. The maximum atomic E-state index is 11.4. The molecular formula is C11H18N2O5.